The van der Waals surface area contributed by atoms with E-state index in [0.717, 1.165) is 18.0 Å². The summed E-state index contributed by atoms with van der Waals surface area (Å²) in [4.78, 5) is 2.58. The normalized spacial score (nSPS) is 20.3. The minimum absolute atomic E-state index is 0.312. The van der Waals surface area contributed by atoms with Gasteiger partial charge >= 0.3 is 0 Å². The first-order valence-corrected chi connectivity index (χ1v) is 9.08. The van der Waals surface area contributed by atoms with Crippen molar-refractivity contribution in [2.45, 2.75) is 52.0 Å². The summed E-state index contributed by atoms with van der Waals surface area (Å²) in [6.45, 7) is 10.5. The third-order valence-electron chi connectivity index (χ3n) is 4.78. The minimum atomic E-state index is 0.312. The molecule has 1 aromatic carbocycles. The molecule has 0 amide bonds. The van der Waals surface area contributed by atoms with Crippen LogP contribution in [0.2, 0.25) is 0 Å². The van der Waals surface area contributed by atoms with Gasteiger partial charge in [0.1, 0.15) is 11.5 Å². The van der Waals surface area contributed by atoms with Crippen molar-refractivity contribution in [1.82, 2.24) is 4.90 Å². The van der Waals surface area contributed by atoms with Gasteiger partial charge in [-0.15, -0.1) is 0 Å². The highest BCUT2D eigenvalue weighted by atomic mass is 16.5. The van der Waals surface area contributed by atoms with Crippen molar-refractivity contribution in [3.8, 4) is 11.5 Å². The molecule has 2 atom stereocenters. The third kappa shape index (κ3) is 4.39. The van der Waals surface area contributed by atoms with E-state index in [-0.39, 0.29) is 0 Å². The van der Waals surface area contributed by atoms with Gasteiger partial charge in [0.25, 0.3) is 0 Å². The number of ether oxygens (including phenoxy) is 2. The number of likely N-dealkylation sites (tertiary alicyclic amines) is 1. The van der Waals surface area contributed by atoms with E-state index in [4.69, 9.17) is 15.2 Å². The van der Waals surface area contributed by atoms with Gasteiger partial charge in [-0.3, -0.25) is 0 Å². The fourth-order valence-corrected chi connectivity index (χ4v) is 3.71. The van der Waals surface area contributed by atoms with Gasteiger partial charge in [-0.05, 0) is 45.8 Å². The second-order valence-electron chi connectivity index (χ2n) is 6.10. The van der Waals surface area contributed by atoms with Crippen LogP contribution >= 0.6 is 0 Å². The lowest BCUT2D eigenvalue weighted by atomic mass is 9.84. The number of hydrogen-bond acceptors (Lipinski definition) is 4. The first kappa shape index (κ1) is 18.1. The molecule has 1 fully saturated rings. The van der Waals surface area contributed by atoms with Crippen molar-refractivity contribution >= 4 is 0 Å². The summed E-state index contributed by atoms with van der Waals surface area (Å²) in [7, 11) is 0. The fraction of sp³-hybridized carbons (Fsp3) is 0.684. The Kier molecular flexibility index (Phi) is 7.18. The molecule has 130 valence electrons. The molecule has 0 saturated carbocycles. The molecule has 1 aliphatic rings. The maximum absolute atomic E-state index is 6.20. The van der Waals surface area contributed by atoms with Crippen molar-refractivity contribution in [3.63, 3.8) is 0 Å². The molecule has 0 radical (unpaired) electrons. The summed E-state index contributed by atoms with van der Waals surface area (Å²) in [5.41, 5.74) is 7.43. The molecule has 2 rings (SSSR count). The second-order valence-corrected chi connectivity index (χ2v) is 6.10. The maximum atomic E-state index is 6.20. The zero-order valence-corrected chi connectivity index (χ0v) is 14.9. The van der Waals surface area contributed by atoms with Gasteiger partial charge in [-0.25, -0.2) is 0 Å². The summed E-state index contributed by atoms with van der Waals surface area (Å²) in [6.07, 6.45) is 3.80. The number of benzene rings is 1. The SMILES string of the molecule is CCOc1ccc(C(CN)C2CCCCN2CC)c(OCC)c1. The Balaban J connectivity index is 2.31. The summed E-state index contributed by atoms with van der Waals surface area (Å²) < 4.78 is 11.5. The molecule has 23 heavy (non-hydrogen) atoms. The highest BCUT2D eigenvalue weighted by Gasteiger charge is 2.31. The molecule has 1 aliphatic heterocycles. The van der Waals surface area contributed by atoms with Gasteiger partial charge in [0.15, 0.2) is 0 Å². The third-order valence-corrected chi connectivity index (χ3v) is 4.78. The predicted octanol–water partition coefficient (Wildman–Crippen LogP) is 3.40. The number of piperidine rings is 1. The largest absolute Gasteiger partial charge is 0.494 e. The first-order chi connectivity index (χ1) is 11.2. The molecule has 0 spiro atoms. The molecule has 1 saturated heterocycles. The van der Waals surface area contributed by atoms with Crippen LogP contribution in [0.3, 0.4) is 0 Å². The van der Waals surface area contributed by atoms with Crippen molar-refractivity contribution < 1.29 is 9.47 Å². The van der Waals surface area contributed by atoms with E-state index in [1.54, 1.807) is 0 Å². The van der Waals surface area contributed by atoms with E-state index in [1.165, 1.54) is 31.4 Å². The van der Waals surface area contributed by atoms with E-state index in [1.807, 2.05) is 26.0 Å². The molecule has 4 heteroatoms. The summed E-state index contributed by atoms with van der Waals surface area (Å²) in [5.74, 6) is 2.11. The summed E-state index contributed by atoms with van der Waals surface area (Å²) in [5, 5.41) is 0. The zero-order chi connectivity index (χ0) is 16.7. The van der Waals surface area contributed by atoms with Gasteiger partial charge < -0.3 is 20.1 Å². The van der Waals surface area contributed by atoms with Crippen molar-refractivity contribution in [2.75, 3.05) is 32.8 Å². The predicted molar refractivity (Wildman–Crippen MR) is 95.5 cm³/mol. The number of likely N-dealkylation sites (N-methyl/N-ethyl adjacent to an activating group) is 1. The highest BCUT2D eigenvalue weighted by Crippen LogP contribution is 2.36. The fourth-order valence-electron chi connectivity index (χ4n) is 3.71. The standard InChI is InChI=1S/C19H32N2O2/c1-4-21-12-8-7-9-18(21)17(14-20)16-11-10-15(22-5-2)13-19(16)23-6-3/h10-11,13,17-18H,4-9,12,14,20H2,1-3H3. The molecular formula is C19H32N2O2. The van der Waals surface area contributed by atoms with Crippen LogP contribution in [0.1, 0.15) is 51.5 Å². The molecule has 0 bridgehead atoms. The number of nitrogens with zero attached hydrogens (tertiary/aromatic N) is 1. The maximum Gasteiger partial charge on any atom is 0.126 e. The number of rotatable bonds is 8. The minimum Gasteiger partial charge on any atom is -0.494 e. The van der Waals surface area contributed by atoms with E-state index in [0.29, 0.717) is 31.7 Å². The average molecular weight is 320 g/mol. The Morgan fingerprint density at radius 1 is 1.17 bits per heavy atom. The highest BCUT2D eigenvalue weighted by molar-refractivity contribution is 5.43. The lowest BCUT2D eigenvalue weighted by Gasteiger charge is -2.40. The lowest BCUT2D eigenvalue weighted by molar-refractivity contribution is 0.132. The molecule has 1 heterocycles. The van der Waals surface area contributed by atoms with E-state index in [2.05, 4.69) is 17.9 Å². The molecular weight excluding hydrogens is 288 g/mol. The van der Waals surface area contributed by atoms with Crippen LogP contribution in [0.5, 0.6) is 11.5 Å². The topological polar surface area (TPSA) is 47.7 Å². The molecule has 1 aromatic rings. The molecule has 0 aliphatic carbocycles. The van der Waals surface area contributed by atoms with Crippen LogP contribution in [-0.4, -0.2) is 43.8 Å². The number of hydrogen-bond donors (Lipinski definition) is 1. The van der Waals surface area contributed by atoms with Crippen LogP contribution in [0.4, 0.5) is 0 Å². The van der Waals surface area contributed by atoms with Gasteiger partial charge in [0.2, 0.25) is 0 Å². The van der Waals surface area contributed by atoms with Gasteiger partial charge in [-0.1, -0.05) is 19.4 Å². The Morgan fingerprint density at radius 2 is 1.96 bits per heavy atom. The van der Waals surface area contributed by atoms with E-state index in [9.17, 15) is 0 Å². The Morgan fingerprint density at radius 3 is 2.61 bits per heavy atom. The first-order valence-electron chi connectivity index (χ1n) is 9.08. The monoisotopic (exact) mass is 320 g/mol. The van der Waals surface area contributed by atoms with Crippen LogP contribution in [0.15, 0.2) is 18.2 Å². The van der Waals surface area contributed by atoms with Gasteiger partial charge in [-0.2, -0.15) is 0 Å². The van der Waals surface area contributed by atoms with Crippen molar-refractivity contribution in [1.29, 1.82) is 0 Å². The molecule has 4 nitrogen and oxygen atoms in total. The molecule has 0 aromatic heterocycles. The van der Waals surface area contributed by atoms with Crippen LogP contribution in [0.25, 0.3) is 0 Å². The van der Waals surface area contributed by atoms with Crippen LogP contribution < -0.4 is 15.2 Å². The molecule has 2 unspecified atom stereocenters. The Bertz CT molecular complexity index is 478. The zero-order valence-electron chi connectivity index (χ0n) is 14.9. The van der Waals surface area contributed by atoms with Gasteiger partial charge in [0, 0.05) is 30.1 Å². The van der Waals surface area contributed by atoms with Crippen LogP contribution in [-0.2, 0) is 0 Å². The second kappa shape index (κ2) is 9.14. The van der Waals surface area contributed by atoms with Crippen molar-refractivity contribution in [3.05, 3.63) is 23.8 Å². The van der Waals surface area contributed by atoms with Gasteiger partial charge in [0.05, 0.1) is 13.2 Å². The quantitative estimate of drug-likeness (QED) is 0.797. The average Bonchev–Trinajstić information content (AvgIpc) is 2.58. The summed E-state index contributed by atoms with van der Waals surface area (Å²) >= 11 is 0. The van der Waals surface area contributed by atoms with Crippen LogP contribution in [0, 0.1) is 0 Å². The van der Waals surface area contributed by atoms with Crippen molar-refractivity contribution in [2.24, 2.45) is 5.73 Å². The number of nitrogens with two attached hydrogens (primary N) is 1. The Hall–Kier alpha value is -1.26. The van der Waals surface area contributed by atoms with E-state index < -0.39 is 0 Å². The summed E-state index contributed by atoms with van der Waals surface area (Å²) in [6, 6.07) is 6.72. The molecule has 2 N–H and O–H groups in total. The Labute approximate surface area is 140 Å². The van der Waals surface area contributed by atoms with E-state index >= 15 is 0 Å². The smallest absolute Gasteiger partial charge is 0.126 e. The lowest BCUT2D eigenvalue weighted by Crippen LogP contribution is -2.45.